The van der Waals surface area contributed by atoms with Crippen LogP contribution in [-0.4, -0.2) is 34.3 Å². The Labute approximate surface area is 291 Å². The number of carbonyl (C=O) groups is 6. The lowest BCUT2D eigenvalue weighted by atomic mass is 9.84. The van der Waals surface area contributed by atoms with Gasteiger partial charge in [-0.2, -0.15) is 0 Å². The molecule has 0 aromatic heterocycles. The first-order chi connectivity index (χ1) is 22.9. The van der Waals surface area contributed by atoms with Gasteiger partial charge < -0.3 is 11.1 Å². The first-order valence-corrected chi connectivity index (χ1v) is 16.1. The van der Waals surface area contributed by atoms with Gasteiger partial charge in [0, 0.05) is 46.5 Å². The third-order valence-electron chi connectivity index (χ3n) is 7.53. The minimum Gasteiger partial charge on any atom is -0.399 e. The van der Waals surface area contributed by atoms with Crippen molar-refractivity contribution in [2.24, 2.45) is 10.8 Å². The molecule has 4 aromatic carbocycles. The maximum absolute atomic E-state index is 12.4. The third kappa shape index (κ3) is 9.03. The number of nitrogens with one attached hydrogen (secondary N) is 1. The molecule has 6 rings (SSSR count). The summed E-state index contributed by atoms with van der Waals surface area (Å²) in [5, 5.41) is 2.55. The average molecular weight is 679 g/mol. The van der Waals surface area contributed by atoms with Gasteiger partial charge in [-0.05, 0) is 69.0 Å². The molecule has 0 atom stereocenters. The maximum Gasteiger partial charge on any atom is 0.234 e. The summed E-state index contributed by atoms with van der Waals surface area (Å²) in [6, 6.07) is 24.4. The zero-order valence-electron chi connectivity index (χ0n) is 28.4. The number of anilines is 2. The first kappa shape index (κ1) is 36.6. The average Bonchev–Trinajstić information content (AvgIpc) is 3.01. The van der Waals surface area contributed by atoms with Crippen LogP contribution in [0.25, 0.3) is 22.3 Å². The monoisotopic (exact) mass is 678 g/mol. The van der Waals surface area contributed by atoms with E-state index in [1.165, 1.54) is 0 Å². The van der Waals surface area contributed by atoms with E-state index in [4.69, 9.17) is 17.3 Å². The standard InChI is InChI=1S/C20H19NO3.C14H9NO2.C6H11ClO/c1-20(2,3)11-17(22)21-12-8-9-14-13-6-4-5-7-15(13)18(23)19(24)16(14)10-12;15-8-5-6-10-9-3-1-2-4-11(9)13(16)14(17)12(10)7-8;1-6(2,3)4-5(7)8/h4-10H,11H2,1-3H3,(H,21,22);1-7H,15H2;4H2,1-3H3. The fourth-order valence-corrected chi connectivity index (χ4v) is 5.86. The Balaban J connectivity index is 0.000000188. The van der Waals surface area contributed by atoms with Crippen molar-refractivity contribution < 1.29 is 28.8 Å². The zero-order valence-corrected chi connectivity index (χ0v) is 29.2. The lowest BCUT2D eigenvalue weighted by Gasteiger charge is -2.20. The molecule has 0 fully saturated rings. The minimum absolute atomic E-state index is 0.0405. The van der Waals surface area contributed by atoms with Crippen LogP contribution in [0.2, 0.25) is 0 Å². The number of carbonyl (C=O) groups excluding carboxylic acids is 6. The van der Waals surface area contributed by atoms with Crippen molar-refractivity contribution in [1.82, 2.24) is 0 Å². The number of rotatable bonds is 3. The van der Waals surface area contributed by atoms with Gasteiger partial charge in [-0.15, -0.1) is 0 Å². The number of benzene rings is 4. The quantitative estimate of drug-likeness (QED) is 0.126. The van der Waals surface area contributed by atoms with E-state index in [1.807, 2.05) is 65.8 Å². The fraction of sp³-hybridized carbons (Fsp3) is 0.250. The predicted octanol–water partition coefficient (Wildman–Crippen LogP) is 8.61. The van der Waals surface area contributed by atoms with Gasteiger partial charge in [0.1, 0.15) is 0 Å². The van der Waals surface area contributed by atoms with Crippen molar-refractivity contribution in [2.75, 3.05) is 11.1 Å². The lowest BCUT2D eigenvalue weighted by Crippen LogP contribution is -2.22. The zero-order chi connectivity index (χ0) is 36.3. The number of Topliss-reactive ketones (excluding diaryl/α,β-unsaturated/α-hetero) is 4. The van der Waals surface area contributed by atoms with Gasteiger partial charge in [0.25, 0.3) is 0 Å². The second kappa shape index (κ2) is 14.5. The number of ketones is 4. The molecule has 8 nitrogen and oxygen atoms in total. The van der Waals surface area contributed by atoms with E-state index in [0.717, 1.165) is 22.3 Å². The van der Waals surface area contributed by atoms with Crippen molar-refractivity contribution in [3.05, 3.63) is 107 Å². The Morgan fingerprint density at radius 3 is 1.37 bits per heavy atom. The highest BCUT2D eigenvalue weighted by Gasteiger charge is 2.31. The van der Waals surface area contributed by atoms with E-state index < -0.39 is 23.1 Å². The van der Waals surface area contributed by atoms with Crippen LogP contribution in [-0.2, 0) is 9.59 Å². The molecule has 0 radical (unpaired) electrons. The molecule has 252 valence electrons. The molecule has 0 aliphatic heterocycles. The molecular weight excluding hydrogens is 640 g/mol. The summed E-state index contributed by atoms with van der Waals surface area (Å²) in [6.45, 7) is 11.9. The van der Waals surface area contributed by atoms with E-state index >= 15 is 0 Å². The van der Waals surface area contributed by atoms with Gasteiger partial charge in [-0.3, -0.25) is 28.8 Å². The topological polar surface area (TPSA) is 140 Å². The van der Waals surface area contributed by atoms with Gasteiger partial charge >= 0.3 is 0 Å². The number of hydrogen-bond acceptors (Lipinski definition) is 7. The summed E-state index contributed by atoms with van der Waals surface area (Å²) in [4.78, 5) is 70.8. The largest absolute Gasteiger partial charge is 0.399 e. The van der Waals surface area contributed by atoms with Crippen molar-refractivity contribution in [2.45, 2.75) is 54.4 Å². The van der Waals surface area contributed by atoms with E-state index in [9.17, 15) is 28.8 Å². The summed E-state index contributed by atoms with van der Waals surface area (Å²) in [6.07, 6.45) is 0.828. The van der Waals surface area contributed by atoms with Crippen LogP contribution in [0.4, 0.5) is 11.4 Å². The highest BCUT2D eigenvalue weighted by atomic mass is 35.5. The van der Waals surface area contributed by atoms with E-state index in [1.54, 1.807) is 60.7 Å². The third-order valence-corrected chi connectivity index (χ3v) is 7.67. The molecule has 1 amide bonds. The second-order valence-corrected chi connectivity index (χ2v) is 14.8. The van der Waals surface area contributed by atoms with Gasteiger partial charge in [0.15, 0.2) is 0 Å². The molecule has 0 heterocycles. The van der Waals surface area contributed by atoms with Crippen LogP contribution in [0.5, 0.6) is 0 Å². The van der Waals surface area contributed by atoms with Crippen LogP contribution in [0.1, 0.15) is 95.8 Å². The number of nitrogens with two attached hydrogens (primary N) is 1. The molecule has 0 bridgehead atoms. The number of amides is 1. The second-order valence-electron chi connectivity index (χ2n) is 14.4. The van der Waals surface area contributed by atoms with Crippen molar-refractivity contribution in [1.29, 1.82) is 0 Å². The lowest BCUT2D eigenvalue weighted by molar-refractivity contribution is -0.118. The molecule has 0 saturated carbocycles. The minimum atomic E-state index is -0.532. The SMILES string of the molecule is CC(C)(C)CC(=O)Cl.CC(C)(C)CC(=O)Nc1ccc2c(c1)C(=O)C(=O)c1ccccc1-2.Nc1ccc2c(c1)C(=O)C(=O)c1ccccc1-2. The molecule has 3 N–H and O–H groups in total. The van der Waals surface area contributed by atoms with E-state index in [0.29, 0.717) is 46.5 Å². The Morgan fingerprint density at radius 1 is 0.551 bits per heavy atom. The Bertz CT molecular complexity index is 2000. The molecule has 2 aliphatic rings. The highest BCUT2D eigenvalue weighted by molar-refractivity contribution is 6.63. The normalized spacial score (nSPS) is 13.0. The molecule has 49 heavy (non-hydrogen) atoms. The van der Waals surface area contributed by atoms with Crippen LogP contribution in [0.15, 0.2) is 84.9 Å². The van der Waals surface area contributed by atoms with E-state index in [2.05, 4.69) is 5.32 Å². The van der Waals surface area contributed by atoms with Gasteiger partial charge in [0.2, 0.25) is 34.3 Å². The molecule has 0 spiro atoms. The predicted molar refractivity (Wildman–Crippen MR) is 193 cm³/mol. The molecule has 0 saturated heterocycles. The number of hydrogen-bond donors (Lipinski definition) is 2. The smallest absolute Gasteiger partial charge is 0.234 e. The van der Waals surface area contributed by atoms with Crippen molar-refractivity contribution >= 4 is 57.3 Å². The van der Waals surface area contributed by atoms with Crippen LogP contribution < -0.4 is 11.1 Å². The van der Waals surface area contributed by atoms with E-state index in [-0.39, 0.29) is 22.0 Å². The summed E-state index contributed by atoms with van der Waals surface area (Å²) in [5.74, 6) is -2.09. The molecule has 0 unspecified atom stereocenters. The van der Waals surface area contributed by atoms with Crippen molar-refractivity contribution in [3.63, 3.8) is 0 Å². The Kier molecular flexibility index (Phi) is 10.8. The molecule has 9 heteroatoms. The summed E-state index contributed by atoms with van der Waals surface area (Å²) >= 11 is 5.12. The summed E-state index contributed by atoms with van der Waals surface area (Å²) < 4.78 is 0. The first-order valence-electron chi connectivity index (χ1n) is 15.7. The number of halogens is 1. The summed E-state index contributed by atoms with van der Waals surface area (Å²) in [7, 11) is 0. The van der Waals surface area contributed by atoms with Gasteiger partial charge in [-0.1, -0.05) is 102 Å². The Hall–Kier alpha value is -5.21. The number of fused-ring (bicyclic) bond motifs is 6. The fourth-order valence-electron chi connectivity index (χ4n) is 5.45. The van der Waals surface area contributed by atoms with Crippen LogP contribution >= 0.6 is 11.6 Å². The molecule has 4 aromatic rings. The van der Waals surface area contributed by atoms with Gasteiger partial charge in [0.05, 0.1) is 0 Å². The Morgan fingerprint density at radius 2 is 0.939 bits per heavy atom. The maximum atomic E-state index is 12.4. The van der Waals surface area contributed by atoms with Crippen LogP contribution in [0.3, 0.4) is 0 Å². The van der Waals surface area contributed by atoms with Gasteiger partial charge in [-0.25, -0.2) is 0 Å². The molecule has 2 aliphatic carbocycles. The van der Waals surface area contributed by atoms with Crippen LogP contribution in [0, 0.1) is 10.8 Å². The number of nitrogen functional groups attached to an aromatic ring is 1. The summed E-state index contributed by atoms with van der Waals surface area (Å²) in [5.41, 5.74) is 11.3. The molecular formula is C40H39ClN2O6. The van der Waals surface area contributed by atoms with Crippen molar-refractivity contribution in [3.8, 4) is 22.3 Å². The highest BCUT2D eigenvalue weighted by Crippen LogP contribution is 2.36.